The average Bonchev–Trinajstić information content (AvgIpc) is 2.15. The molecule has 0 bridgehead atoms. The van der Waals surface area contributed by atoms with Crippen LogP contribution in [0.25, 0.3) is 0 Å². The minimum Gasteiger partial charge on any atom is -0.329 e. The molecule has 0 aromatic heterocycles. The number of rotatable bonds is 1. The van der Waals surface area contributed by atoms with Gasteiger partial charge in [-0.05, 0) is 40.3 Å². The van der Waals surface area contributed by atoms with Gasteiger partial charge in [-0.15, -0.1) is 0 Å². The zero-order valence-corrected chi connectivity index (χ0v) is 11.1. The molecule has 0 spiro atoms. The normalized spacial score (nSPS) is 23.3. The van der Waals surface area contributed by atoms with Crippen molar-refractivity contribution in [1.82, 2.24) is 10.0 Å². The molecule has 2 amide bonds. The molecule has 2 rings (SSSR count). The van der Waals surface area contributed by atoms with Crippen molar-refractivity contribution in [2.24, 2.45) is 0 Å². The van der Waals surface area contributed by atoms with Crippen LogP contribution in [0, 0.1) is 3.57 Å². The molecule has 1 saturated heterocycles. The minimum atomic E-state index is -3.50. The first-order chi connectivity index (χ1) is 7.46. The number of carbonyl (C=O) groups excluding carboxylic acids is 1. The number of hydrogen-bond donors (Lipinski definition) is 2. The van der Waals surface area contributed by atoms with Crippen LogP contribution in [0.5, 0.6) is 0 Å². The number of urea groups is 1. The highest BCUT2D eigenvalue weighted by molar-refractivity contribution is 14.1. The summed E-state index contributed by atoms with van der Waals surface area (Å²) in [5.41, 5.74) is 0.791. The molecule has 1 fully saturated rings. The Morgan fingerprint density at radius 3 is 2.44 bits per heavy atom. The van der Waals surface area contributed by atoms with E-state index in [9.17, 15) is 13.2 Å². The summed E-state index contributed by atoms with van der Waals surface area (Å²) >= 11 is 2.16. The van der Waals surface area contributed by atoms with Crippen molar-refractivity contribution in [3.8, 4) is 0 Å². The quantitative estimate of drug-likeness (QED) is 0.740. The summed E-state index contributed by atoms with van der Waals surface area (Å²) in [6, 6.07) is 6.22. The van der Waals surface area contributed by atoms with Crippen molar-refractivity contribution in [3.05, 3.63) is 33.4 Å². The molecule has 16 heavy (non-hydrogen) atoms. The maximum atomic E-state index is 11.3. The molecule has 5 nitrogen and oxygen atoms in total. The van der Waals surface area contributed by atoms with E-state index in [2.05, 4.69) is 27.9 Å². The van der Waals surface area contributed by atoms with Gasteiger partial charge in [0.25, 0.3) is 0 Å². The zero-order valence-electron chi connectivity index (χ0n) is 8.10. The van der Waals surface area contributed by atoms with Crippen LogP contribution in [0.1, 0.15) is 11.6 Å². The van der Waals surface area contributed by atoms with Gasteiger partial charge in [0.05, 0.1) is 11.8 Å². The Morgan fingerprint density at radius 2 is 1.88 bits per heavy atom. The fourth-order valence-corrected chi connectivity index (χ4v) is 3.01. The number of hydrogen-bond acceptors (Lipinski definition) is 3. The molecule has 1 aliphatic heterocycles. The molecule has 86 valence electrons. The summed E-state index contributed by atoms with van der Waals surface area (Å²) in [7, 11) is -3.50. The lowest BCUT2D eigenvalue weighted by Gasteiger charge is -2.24. The average molecular weight is 352 g/mol. The molecular weight excluding hydrogens is 343 g/mol. The van der Waals surface area contributed by atoms with Crippen LogP contribution >= 0.6 is 22.6 Å². The molecule has 0 aliphatic carbocycles. The number of halogens is 1. The lowest BCUT2D eigenvalue weighted by atomic mass is 10.1. The Kier molecular flexibility index (Phi) is 3.06. The zero-order chi connectivity index (χ0) is 11.8. The van der Waals surface area contributed by atoms with Crippen LogP contribution < -0.4 is 10.0 Å². The van der Waals surface area contributed by atoms with Gasteiger partial charge in [0.1, 0.15) is 0 Å². The first-order valence-corrected chi connectivity index (χ1v) is 7.26. The molecule has 1 unspecified atom stereocenters. The van der Waals surface area contributed by atoms with E-state index in [1.165, 1.54) is 0 Å². The first kappa shape index (κ1) is 11.6. The van der Waals surface area contributed by atoms with E-state index in [-0.39, 0.29) is 5.75 Å². The van der Waals surface area contributed by atoms with Crippen LogP contribution in [0.3, 0.4) is 0 Å². The number of carbonyl (C=O) groups is 1. The monoisotopic (exact) mass is 352 g/mol. The van der Waals surface area contributed by atoms with Gasteiger partial charge in [0, 0.05) is 3.57 Å². The van der Waals surface area contributed by atoms with Gasteiger partial charge < -0.3 is 5.32 Å². The minimum absolute atomic E-state index is 0.126. The molecule has 7 heteroatoms. The molecule has 0 radical (unpaired) electrons. The van der Waals surface area contributed by atoms with Crippen molar-refractivity contribution in [1.29, 1.82) is 0 Å². The second-order valence-electron chi connectivity index (χ2n) is 3.46. The topological polar surface area (TPSA) is 75.3 Å². The van der Waals surface area contributed by atoms with Gasteiger partial charge in [0.2, 0.25) is 10.0 Å². The Labute approximate surface area is 107 Å². The lowest BCUT2D eigenvalue weighted by molar-refractivity contribution is 0.241. The second kappa shape index (κ2) is 4.21. The molecule has 1 aromatic rings. The van der Waals surface area contributed by atoms with Crippen LogP contribution in [0.15, 0.2) is 24.3 Å². The van der Waals surface area contributed by atoms with E-state index in [1.54, 1.807) is 0 Å². The Balaban J connectivity index is 2.28. The van der Waals surface area contributed by atoms with Crippen LogP contribution in [-0.2, 0) is 10.0 Å². The van der Waals surface area contributed by atoms with Crippen molar-refractivity contribution in [2.75, 3.05) is 5.75 Å². The maximum absolute atomic E-state index is 11.3. The fourth-order valence-electron chi connectivity index (χ4n) is 1.51. The third-order valence-electron chi connectivity index (χ3n) is 2.21. The fraction of sp³-hybridized carbons (Fsp3) is 0.222. The molecule has 1 heterocycles. The number of amides is 2. The summed E-state index contributed by atoms with van der Waals surface area (Å²) in [6.07, 6.45) is 0. The highest BCUT2D eigenvalue weighted by Crippen LogP contribution is 2.18. The molecule has 1 atom stereocenters. The molecule has 2 N–H and O–H groups in total. The highest BCUT2D eigenvalue weighted by Gasteiger charge is 2.29. The third-order valence-corrected chi connectivity index (χ3v) is 4.20. The van der Waals surface area contributed by atoms with Crippen molar-refractivity contribution in [2.45, 2.75) is 6.04 Å². The summed E-state index contributed by atoms with van der Waals surface area (Å²) in [5.74, 6) is -0.126. The van der Waals surface area contributed by atoms with Gasteiger partial charge in [-0.25, -0.2) is 17.9 Å². The van der Waals surface area contributed by atoms with Gasteiger partial charge in [-0.1, -0.05) is 12.1 Å². The van der Waals surface area contributed by atoms with Crippen LogP contribution in [-0.4, -0.2) is 20.2 Å². The summed E-state index contributed by atoms with van der Waals surface area (Å²) in [5, 5.41) is 2.58. The molecule has 1 aliphatic rings. The highest BCUT2D eigenvalue weighted by atomic mass is 127. The maximum Gasteiger partial charge on any atom is 0.328 e. The van der Waals surface area contributed by atoms with E-state index < -0.39 is 22.1 Å². The van der Waals surface area contributed by atoms with E-state index in [0.717, 1.165) is 9.13 Å². The van der Waals surface area contributed by atoms with Gasteiger partial charge in [-0.3, -0.25) is 0 Å². The Hall–Kier alpha value is -0.830. The predicted molar refractivity (Wildman–Crippen MR) is 67.4 cm³/mol. The summed E-state index contributed by atoms with van der Waals surface area (Å²) < 4.78 is 25.6. The second-order valence-corrected chi connectivity index (χ2v) is 6.47. The van der Waals surface area contributed by atoms with E-state index in [4.69, 9.17) is 0 Å². The van der Waals surface area contributed by atoms with Crippen LogP contribution in [0.2, 0.25) is 0 Å². The SMILES string of the molecule is O=C1NC(c2ccc(I)cc2)CS(=O)(=O)N1. The van der Waals surface area contributed by atoms with Crippen molar-refractivity contribution >= 4 is 38.6 Å². The van der Waals surface area contributed by atoms with Crippen molar-refractivity contribution < 1.29 is 13.2 Å². The Morgan fingerprint density at radius 1 is 1.25 bits per heavy atom. The summed E-state index contributed by atoms with van der Waals surface area (Å²) in [6.45, 7) is 0. The summed E-state index contributed by atoms with van der Waals surface area (Å²) in [4.78, 5) is 11.1. The standard InChI is InChI=1S/C9H9IN2O3S/c10-7-3-1-6(2-4-7)8-5-16(14,15)12-9(13)11-8/h1-4,8H,5H2,(H2,11,12,13). The predicted octanol–water partition coefficient (Wildman–Crippen LogP) is 0.975. The number of sulfonamides is 1. The van der Waals surface area contributed by atoms with Gasteiger partial charge >= 0.3 is 6.03 Å². The smallest absolute Gasteiger partial charge is 0.328 e. The van der Waals surface area contributed by atoms with Crippen LogP contribution in [0.4, 0.5) is 4.79 Å². The van der Waals surface area contributed by atoms with Gasteiger partial charge in [0.15, 0.2) is 0 Å². The lowest BCUT2D eigenvalue weighted by Crippen LogP contribution is -2.50. The largest absolute Gasteiger partial charge is 0.329 e. The molecule has 1 aromatic carbocycles. The van der Waals surface area contributed by atoms with Gasteiger partial charge in [-0.2, -0.15) is 0 Å². The van der Waals surface area contributed by atoms with E-state index in [0.29, 0.717) is 0 Å². The molecular formula is C9H9IN2O3S. The number of nitrogens with one attached hydrogen (secondary N) is 2. The first-order valence-electron chi connectivity index (χ1n) is 4.53. The number of benzene rings is 1. The molecule has 0 saturated carbocycles. The Bertz CT molecular complexity index is 512. The third kappa shape index (κ3) is 2.64. The van der Waals surface area contributed by atoms with Crippen molar-refractivity contribution in [3.63, 3.8) is 0 Å². The van der Waals surface area contributed by atoms with E-state index >= 15 is 0 Å². The van der Waals surface area contributed by atoms with E-state index in [1.807, 2.05) is 29.0 Å².